The van der Waals surface area contributed by atoms with E-state index in [-0.39, 0.29) is 5.54 Å². The molecule has 1 N–H and O–H groups in total. The van der Waals surface area contributed by atoms with Crippen molar-refractivity contribution < 1.29 is 13.9 Å². The summed E-state index contributed by atoms with van der Waals surface area (Å²) in [6.45, 7) is 6.89. The third-order valence-electron chi connectivity index (χ3n) is 3.00. The normalized spacial score (nSPS) is 11.5. The Bertz CT molecular complexity index is 600. The molecule has 0 aliphatic rings. The van der Waals surface area contributed by atoms with E-state index in [0.717, 1.165) is 11.3 Å². The number of oxazole rings is 1. The van der Waals surface area contributed by atoms with Crippen LogP contribution in [0.4, 0.5) is 0 Å². The molecule has 0 aliphatic carbocycles. The molecule has 0 saturated heterocycles. The van der Waals surface area contributed by atoms with Crippen LogP contribution >= 0.6 is 0 Å². The second-order valence-electron chi connectivity index (χ2n) is 5.79. The first kappa shape index (κ1) is 15.4. The van der Waals surface area contributed by atoms with E-state index in [9.17, 15) is 0 Å². The van der Waals surface area contributed by atoms with Crippen molar-refractivity contribution in [2.75, 3.05) is 14.2 Å². The first-order chi connectivity index (χ1) is 9.93. The highest BCUT2D eigenvalue weighted by Gasteiger charge is 2.14. The molecule has 0 spiro atoms. The van der Waals surface area contributed by atoms with Gasteiger partial charge in [-0.2, -0.15) is 0 Å². The van der Waals surface area contributed by atoms with Crippen LogP contribution in [0.25, 0.3) is 11.3 Å². The molecule has 5 heteroatoms. The predicted octanol–water partition coefficient (Wildman–Crippen LogP) is 3.25. The highest BCUT2D eigenvalue weighted by Crippen LogP contribution is 2.33. The molecule has 1 aromatic heterocycles. The van der Waals surface area contributed by atoms with Crippen LogP contribution < -0.4 is 14.8 Å². The van der Waals surface area contributed by atoms with Crippen LogP contribution in [0.15, 0.2) is 28.8 Å². The fraction of sp³-hybridized carbons (Fsp3) is 0.438. The molecule has 0 fully saturated rings. The topological polar surface area (TPSA) is 56.5 Å². The molecule has 5 nitrogen and oxygen atoms in total. The van der Waals surface area contributed by atoms with Crippen LogP contribution in [0.1, 0.15) is 26.7 Å². The Labute approximate surface area is 125 Å². The monoisotopic (exact) mass is 290 g/mol. The van der Waals surface area contributed by atoms with Gasteiger partial charge in [-0.25, -0.2) is 4.98 Å². The summed E-state index contributed by atoms with van der Waals surface area (Å²) < 4.78 is 16.4. The van der Waals surface area contributed by atoms with Crippen LogP contribution in [0.3, 0.4) is 0 Å². The maximum atomic E-state index is 5.79. The van der Waals surface area contributed by atoms with Gasteiger partial charge in [0.2, 0.25) is 5.89 Å². The molecule has 0 aliphatic heterocycles. The van der Waals surface area contributed by atoms with Crippen molar-refractivity contribution in [1.82, 2.24) is 10.3 Å². The maximum Gasteiger partial charge on any atom is 0.208 e. The van der Waals surface area contributed by atoms with Crippen molar-refractivity contribution in [2.24, 2.45) is 0 Å². The number of hydrogen-bond donors (Lipinski definition) is 1. The molecule has 0 saturated carbocycles. The van der Waals surface area contributed by atoms with E-state index in [1.54, 1.807) is 20.4 Å². The quantitative estimate of drug-likeness (QED) is 0.916. The predicted molar refractivity (Wildman–Crippen MR) is 81.6 cm³/mol. The van der Waals surface area contributed by atoms with Gasteiger partial charge in [-0.3, -0.25) is 0 Å². The van der Waals surface area contributed by atoms with Crippen molar-refractivity contribution in [1.29, 1.82) is 0 Å². The molecule has 21 heavy (non-hydrogen) atoms. The Kier molecular flexibility index (Phi) is 4.53. The average molecular weight is 290 g/mol. The molecule has 0 amide bonds. The van der Waals surface area contributed by atoms with Gasteiger partial charge in [0.25, 0.3) is 0 Å². The van der Waals surface area contributed by atoms with E-state index in [2.05, 4.69) is 31.1 Å². The first-order valence-corrected chi connectivity index (χ1v) is 6.85. The molecule has 0 atom stereocenters. The Balaban J connectivity index is 2.21. The smallest absolute Gasteiger partial charge is 0.208 e. The zero-order valence-corrected chi connectivity index (χ0v) is 13.2. The minimum atomic E-state index is 0.0203. The van der Waals surface area contributed by atoms with Gasteiger partial charge in [0.05, 0.1) is 32.5 Å². The van der Waals surface area contributed by atoms with Gasteiger partial charge >= 0.3 is 0 Å². The number of benzene rings is 1. The maximum absolute atomic E-state index is 5.79. The van der Waals surface area contributed by atoms with Crippen molar-refractivity contribution in [2.45, 2.75) is 32.9 Å². The lowest BCUT2D eigenvalue weighted by Gasteiger charge is -2.18. The summed E-state index contributed by atoms with van der Waals surface area (Å²) in [5, 5.41) is 3.34. The van der Waals surface area contributed by atoms with Crippen LogP contribution in [-0.2, 0) is 6.54 Å². The van der Waals surface area contributed by atoms with Crippen molar-refractivity contribution in [3.8, 4) is 22.8 Å². The van der Waals surface area contributed by atoms with Crippen molar-refractivity contribution in [3.63, 3.8) is 0 Å². The molecule has 0 unspecified atom stereocenters. The third-order valence-corrected chi connectivity index (χ3v) is 3.00. The largest absolute Gasteiger partial charge is 0.497 e. The minimum absolute atomic E-state index is 0.0203. The lowest BCUT2D eigenvalue weighted by molar-refractivity contribution is 0.381. The van der Waals surface area contributed by atoms with Gasteiger partial charge in [-0.15, -0.1) is 0 Å². The zero-order chi connectivity index (χ0) is 15.5. The summed E-state index contributed by atoms with van der Waals surface area (Å²) >= 11 is 0. The van der Waals surface area contributed by atoms with Gasteiger partial charge in [-0.05, 0) is 32.9 Å². The fourth-order valence-corrected chi connectivity index (χ4v) is 1.86. The number of hydrogen-bond acceptors (Lipinski definition) is 5. The lowest BCUT2D eigenvalue weighted by atomic mass is 10.1. The molecule has 1 aromatic carbocycles. The number of rotatable bonds is 5. The Morgan fingerprint density at radius 1 is 1.19 bits per heavy atom. The summed E-state index contributed by atoms with van der Waals surface area (Å²) in [5.74, 6) is 2.77. The summed E-state index contributed by atoms with van der Waals surface area (Å²) in [5.41, 5.74) is 0.875. The molecule has 0 bridgehead atoms. The average Bonchev–Trinajstić information content (AvgIpc) is 2.92. The summed E-state index contributed by atoms with van der Waals surface area (Å²) in [6, 6.07) is 5.59. The van der Waals surface area contributed by atoms with Crippen LogP contribution in [0.2, 0.25) is 0 Å². The van der Waals surface area contributed by atoms with Crippen LogP contribution in [0.5, 0.6) is 11.5 Å². The Morgan fingerprint density at radius 2 is 1.95 bits per heavy atom. The van der Waals surface area contributed by atoms with Crippen LogP contribution in [0, 0.1) is 0 Å². The summed E-state index contributed by atoms with van der Waals surface area (Å²) in [6.07, 6.45) is 1.71. The van der Waals surface area contributed by atoms with Gasteiger partial charge in [0.1, 0.15) is 11.5 Å². The first-order valence-electron chi connectivity index (χ1n) is 6.85. The van der Waals surface area contributed by atoms with E-state index in [4.69, 9.17) is 13.9 Å². The van der Waals surface area contributed by atoms with Gasteiger partial charge < -0.3 is 19.2 Å². The second kappa shape index (κ2) is 6.18. The SMILES string of the molecule is COc1ccc(-c2cnc(CNC(C)(C)C)o2)c(OC)c1. The number of methoxy groups -OCH3 is 2. The van der Waals surface area contributed by atoms with Gasteiger partial charge in [0, 0.05) is 11.6 Å². The fourth-order valence-electron chi connectivity index (χ4n) is 1.86. The van der Waals surface area contributed by atoms with Crippen molar-refractivity contribution in [3.05, 3.63) is 30.3 Å². The van der Waals surface area contributed by atoms with E-state index in [0.29, 0.717) is 23.9 Å². The molecular formula is C16H22N2O3. The van der Waals surface area contributed by atoms with E-state index in [1.165, 1.54) is 0 Å². The molecule has 0 radical (unpaired) electrons. The summed E-state index contributed by atoms with van der Waals surface area (Å²) in [7, 11) is 3.25. The number of ether oxygens (including phenoxy) is 2. The Hall–Kier alpha value is -2.01. The van der Waals surface area contributed by atoms with Gasteiger partial charge in [0.15, 0.2) is 5.76 Å². The number of nitrogens with one attached hydrogen (secondary N) is 1. The number of nitrogens with zero attached hydrogens (tertiary/aromatic N) is 1. The van der Waals surface area contributed by atoms with E-state index < -0.39 is 0 Å². The van der Waals surface area contributed by atoms with E-state index >= 15 is 0 Å². The Morgan fingerprint density at radius 3 is 2.57 bits per heavy atom. The van der Waals surface area contributed by atoms with E-state index in [1.807, 2.05) is 18.2 Å². The minimum Gasteiger partial charge on any atom is -0.497 e. The molecule has 114 valence electrons. The highest BCUT2D eigenvalue weighted by molar-refractivity contribution is 5.66. The van der Waals surface area contributed by atoms with Gasteiger partial charge in [-0.1, -0.05) is 0 Å². The third kappa shape index (κ3) is 3.98. The van der Waals surface area contributed by atoms with Crippen molar-refractivity contribution >= 4 is 0 Å². The molecule has 1 heterocycles. The summed E-state index contributed by atoms with van der Waals surface area (Å²) in [4.78, 5) is 4.30. The highest BCUT2D eigenvalue weighted by atomic mass is 16.5. The second-order valence-corrected chi connectivity index (χ2v) is 5.79. The molecule has 2 rings (SSSR count). The molecular weight excluding hydrogens is 268 g/mol. The lowest BCUT2D eigenvalue weighted by Crippen LogP contribution is -2.35. The van der Waals surface area contributed by atoms with Crippen LogP contribution in [-0.4, -0.2) is 24.7 Å². The standard InChI is InChI=1S/C16H22N2O3/c1-16(2,3)18-10-15-17-9-14(21-15)12-7-6-11(19-4)8-13(12)20-5/h6-9,18H,10H2,1-5H3. The molecule has 2 aromatic rings. The number of aromatic nitrogens is 1. The zero-order valence-electron chi connectivity index (χ0n) is 13.2.